The van der Waals surface area contributed by atoms with Crippen molar-refractivity contribution < 1.29 is 4.79 Å². The molecule has 2 aromatic rings. The average Bonchev–Trinajstić information content (AvgIpc) is 3.16. The van der Waals surface area contributed by atoms with Crippen LogP contribution in [0.4, 0.5) is 0 Å². The quantitative estimate of drug-likeness (QED) is 0.813. The minimum absolute atomic E-state index is 0.00916. The third-order valence-electron chi connectivity index (χ3n) is 6.28. The van der Waals surface area contributed by atoms with E-state index < -0.39 is 0 Å². The second-order valence-corrected chi connectivity index (χ2v) is 8.08. The van der Waals surface area contributed by atoms with E-state index in [1.807, 2.05) is 4.90 Å². The summed E-state index contributed by atoms with van der Waals surface area (Å²) in [4.78, 5) is 17.3. The van der Waals surface area contributed by atoms with Gasteiger partial charge in [0.25, 0.3) is 5.91 Å². The van der Waals surface area contributed by atoms with Crippen molar-refractivity contribution in [3.05, 3.63) is 52.8 Å². The van der Waals surface area contributed by atoms with Crippen LogP contribution in [0.2, 0.25) is 5.02 Å². The molecule has 2 saturated heterocycles. The Morgan fingerprint density at radius 3 is 2.50 bits per heavy atom. The highest BCUT2D eigenvalue weighted by atomic mass is 35.5. The molecule has 1 atom stereocenters. The highest BCUT2D eigenvalue weighted by molar-refractivity contribution is 6.33. The topological polar surface area (TPSA) is 41.4 Å². The van der Waals surface area contributed by atoms with E-state index in [4.69, 9.17) is 11.6 Å². The average molecular weight is 373 g/mol. The molecule has 138 valence electrons. The number of likely N-dealkylation sites (N-methyl/N-ethyl adjacent to an activating group) is 1. The molecular weight excluding hydrogens is 348 g/mol. The highest BCUT2D eigenvalue weighted by Crippen LogP contribution is 2.44. The SMILES string of the molecule is CN1C[C@H](c2ccccc2)CC12CCN(C(=O)c1c(Cl)cnn1C)CC2. The second-order valence-electron chi connectivity index (χ2n) is 7.67. The van der Waals surface area contributed by atoms with Crippen LogP contribution >= 0.6 is 11.6 Å². The predicted octanol–water partition coefficient (Wildman–Crippen LogP) is 3.17. The van der Waals surface area contributed by atoms with Gasteiger partial charge in [0.1, 0.15) is 5.69 Å². The molecule has 6 heteroatoms. The molecule has 4 rings (SSSR count). The highest BCUT2D eigenvalue weighted by Gasteiger charge is 2.46. The lowest BCUT2D eigenvalue weighted by atomic mass is 9.81. The molecule has 0 saturated carbocycles. The van der Waals surface area contributed by atoms with Gasteiger partial charge in [0.05, 0.1) is 11.2 Å². The third-order valence-corrected chi connectivity index (χ3v) is 6.56. The van der Waals surface area contributed by atoms with E-state index in [0.29, 0.717) is 16.6 Å². The number of aromatic nitrogens is 2. The molecule has 0 unspecified atom stereocenters. The Kier molecular flexibility index (Phi) is 4.53. The number of hydrogen-bond acceptors (Lipinski definition) is 3. The van der Waals surface area contributed by atoms with E-state index in [-0.39, 0.29) is 11.4 Å². The van der Waals surface area contributed by atoms with Gasteiger partial charge in [-0.25, -0.2) is 0 Å². The van der Waals surface area contributed by atoms with Crippen molar-refractivity contribution in [2.75, 3.05) is 26.7 Å². The molecular formula is C20H25ClN4O. The summed E-state index contributed by atoms with van der Waals surface area (Å²) in [6.07, 6.45) is 4.72. The van der Waals surface area contributed by atoms with Gasteiger partial charge in [0.2, 0.25) is 0 Å². The van der Waals surface area contributed by atoms with Crippen LogP contribution in [-0.2, 0) is 7.05 Å². The van der Waals surface area contributed by atoms with Crippen LogP contribution in [0.25, 0.3) is 0 Å². The molecule has 3 heterocycles. The molecule has 1 aromatic heterocycles. The Balaban J connectivity index is 1.45. The summed E-state index contributed by atoms with van der Waals surface area (Å²) in [6, 6.07) is 10.8. The van der Waals surface area contributed by atoms with Crippen LogP contribution in [0, 0.1) is 0 Å². The number of nitrogens with zero attached hydrogens (tertiary/aromatic N) is 4. The third kappa shape index (κ3) is 2.93. The van der Waals surface area contributed by atoms with Crippen molar-refractivity contribution in [2.45, 2.75) is 30.7 Å². The summed E-state index contributed by atoms with van der Waals surface area (Å²) in [6.45, 7) is 2.63. The van der Waals surface area contributed by atoms with Gasteiger partial charge in [0.15, 0.2) is 0 Å². The second kappa shape index (κ2) is 6.71. The Hall–Kier alpha value is -1.85. The fourth-order valence-corrected chi connectivity index (χ4v) is 4.91. The maximum atomic E-state index is 12.8. The first-order valence-electron chi connectivity index (χ1n) is 9.23. The number of carbonyl (C=O) groups is 1. The maximum Gasteiger partial charge on any atom is 0.273 e. The van der Waals surface area contributed by atoms with Crippen LogP contribution in [0.3, 0.4) is 0 Å². The van der Waals surface area contributed by atoms with Crippen molar-refractivity contribution in [1.82, 2.24) is 19.6 Å². The zero-order valence-corrected chi connectivity index (χ0v) is 16.1. The molecule has 1 amide bonds. The number of halogens is 1. The molecule has 1 aromatic carbocycles. The first-order valence-corrected chi connectivity index (χ1v) is 9.61. The minimum atomic E-state index is -0.00916. The lowest BCUT2D eigenvalue weighted by Crippen LogP contribution is -2.52. The number of piperidine rings is 1. The fraction of sp³-hybridized carbons (Fsp3) is 0.500. The molecule has 1 spiro atoms. The van der Waals surface area contributed by atoms with Gasteiger partial charge in [-0.15, -0.1) is 0 Å². The van der Waals surface area contributed by atoms with Gasteiger partial charge in [-0.05, 0) is 37.8 Å². The van der Waals surface area contributed by atoms with Gasteiger partial charge >= 0.3 is 0 Å². The van der Waals surface area contributed by atoms with Gasteiger partial charge in [-0.2, -0.15) is 5.10 Å². The first-order chi connectivity index (χ1) is 12.5. The Labute approximate surface area is 159 Å². The molecule has 2 fully saturated rings. The number of hydrogen-bond donors (Lipinski definition) is 0. The molecule has 0 bridgehead atoms. The zero-order chi connectivity index (χ0) is 18.3. The van der Waals surface area contributed by atoms with Gasteiger partial charge in [-0.3, -0.25) is 14.4 Å². The lowest BCUT2D eigenvalue weighted by molar-refractivity contribution is 0.0483. The summed E-state index contributed by atoms with van der Waals surface area (Å²) in [7, 11) is 4.00. The van der Waals surface area contributed by atoms with Crippen molar-refractivity contribution in [1.29, 1.82) is 0 Å². The van der Waals surface area contributed by atoms with Gasteiger partial charge < -0.3 is 4.90 Å². The van der Waals surface area contributed by atoms with E-state index in [1.165, 1.54) is 18.2 Å². The summed E-state index contributed by atoms with van der Waals surface area (Å²) < 4.78 is 1.57. The summed E-state index contributed by atoms with van der Waals surface area (Å²) in [5.74, 6) is 0.570. The van der Waals surface area contributed by atoms with E-state index in [2.05, 4.69) is 47.4 Å². The molecule has 5 nitrogen and oxygen atoms in total. The monoisotopic (exact) mass is 372 g/mol. The van der Waals surface area contributed by atoms with Crippen molar-refractivity contribution in [3.63, 3.8) is 0 Å². The van der Waals surface area contributed by atoms with Crippen LogP contribution in [0.15, 0.2) is 36.5 Å². The zero-order valence-electron chi connectivity index (χ0n) is 15.4. The number of likely N-dealkylation sites (tertiary alicyclic amines) is 2. The van der Waals surface area contributed by atoms with E-state index in [9.17, 15) is 4.79 Å². The fourth-order valence-electron chi connectivity index (χ4n) is 4.66. The van der Waals surface area contributed by atoms with Gasteiger partial charge in [0, 0.05) is 32.2 Å². The Bertz CT molecular complexity index is 776. The standard InChI is InChI=1S/C20H25ClN4O/c1-23-14-16(15-6-4-3-5-7-15)12-20(23)8-10-25(11-9-20)19(26)18-17(21)13-22-24(18)2/h3-7,13,16H,8-12,14H2,1-2H3/t16-/m1/s1. The molecule has 0 radical (unpaired) electrons. The summed E-state index contributed by atoms with van der Waals surface area (Å²) >= 11 is 6.15. The molecule has 2 aliphatic heterocycles. The van der Waals surface area contributed by atoms with Crippen molar-refractivity contribution in [3.8, 4) is 0 Å². The molecule has 0 aliphatic carbocycles. The van der Waals surface area contributed by atoms with Crippen LogP contribution in [-0.4, -0.2) is 57.7 Å². The predicted molar refractivity (Wildman–Crippen MR) is 103 cm³/mol. The summed E-state index contributed by atoms with van der Waals surface area (Å²) in [5.41, 5.74) is 2.12. The molecule has 26 heavy (non-hydrogen) atoms. The van der Waals surface area contributed by atoms with E-state index in [0.717, 1.165) is 32.5 Å². The van der Waals surface area contributed by atoms with Gasteiger partial charge in [-0.1, -0.05) is 41.9 Å². The number of aryl methyl sites for hydroxylation is 1. The Morgan fingerprint density at radius 1 is 1.19 bits per heavy atom. The number of benzene rings is 1. The molecule has 2 aliphatic rings. The number of amides is 1. The lowest BCUT2D eigenvalue weighted by Gasteiger charge is -2.43. The van der Waals surface area contributed by atoms with Crippen LogP contribution in [0.5, 0.6) is 0 Å². The normalized spacial score (nSPS) is 22.9. The number of carbonyl (C=O) groups excluding carboxylic acids is 1. The minimum Gasteiger partial charge on any atom is -0.337 e. The van der Waals surface area contributed by atoms with Crippen molar-refractivity contribution in [2.24, 2.45) is 7.05 Å². The van der Waals surface area contributed by atoms with Crippen LogP contribution in [0.1, 0.15) is 41.2 Å². The van der Waals surface area contributed by atoms with E-state index >= 15 is 0 Å². The maximum absolute atomic E-state index is 12.8. The van der Waals surface area contributed by atoms with E-state index in [1.54, 1.807) is 11.7 Å². The Morgan fingerprint density at radius 2 is 1.88 bits per heavy atom. The number of rotatable bonds is 2. The molecule has 0 N–H and O–H groups in total. The van der Waals surface area contributed by atoms with Crippen LogP contribution < -0.4 is 0 Å². The smallest absolute Gasteiger partial charge is 0.273 e. The summed E-state index contributed by atoms with van der Waals surface area (Å²) in [5, 5.41) is 4.52. The van der Waals surface area contributed by atoms with Crippen molar-refractivity contribution >= 4 is 17.5 Å². The largest absolute Gasteiger partial charge is 0.337 e. The first kappa shape index (κ1) is 17.6.